The van der Waals surface area contributed by atoms with Gasteiger partial charge in [-0.1, -0.05) is 23.4 Å². The van der Waals surface area contributed by atoms with Gasteiger partial charge in [0.2, 0.25) is 0 Å². The summed E-state index contributed by atoms with van der Waals surface area (Å²) < 4.78 is 2.03. The van der Waals surface area contributed by atoms with Crippen LogP contribution >= 0.6 is 23.4 Å². The molecule has 2 heterocycles. The summed E-state index contributed by atoms with van der Waals surface area (Å²) in [4.78, 5) is 4.07. The van der Waals surface area contributed by atoms with Gasteiger partial charge in [0.1, 0.15) is 0 Å². The zero-order valence-corrected chi connectivity index (χ0v) is 15.1. The van der Waals surface area contributed by atoms with E-state index in [9.17, 15) is 0 Å². The predicted octanol–water partition coefficient (Wildman–Crippen LogP) is 1.63. The molecule has 6 nitrogen and oxygen atoms in total. The molecule has 0 saturated carbocycles. The van der Waals surface area contributed by atoms with Crippen LogP contribution in [0, 0.1) is 0 Å². The number of aromatic nitrogens is 4. The molecule has 0 spiro atoms. The summed E-state index contributed by atoms with van der Waals surface area (Å²) in [5, 5.41) is 21.2. The normalized spacial score (nSPS) is 11.0. The number of pyridine rings is 1. The molecule has 0 aliphatic rings. The monoisotopic (exact) mass is 376 g/mol. The fourth-order valence-corrected chi connectivity index (χ4v) is 3.36. The van der Waals surface area contributed by atoms with Crippen molar-refractivity contribution in [2.75, 3.05) is 25.4 Å². The van der Waals surface area contributed by atoms with Gasteiger partial charge in [-0.15, -0.1) is 10.2 Å². The van der Waals surface area contributed by atoms with Gasteiger partial charge in [-0.2, -0.15) is 0 Å². The van der Waals surface area contributed by atoms with Crippen molar-refractivity contribution in [3.8, 4) is 17.1 Å². The standard InChI is InChI=1S/C17H18ClN5OS/c18-14-1-3-15(4-2-14)23-16(13-5-7-19-8-6-13)21-22-17(23)25-12-10-20-9-11-24/h1-8,20,24H,9-12H2/p+1. The molecule has 25 heavy (non-hydrogen) atoms. The number of nitrogens with two attached hydrogens (primary N) is 1. The smallest absolute Gasteiger partial charge is 0.196 e. The third-order valence-corrected chi connectivity index (χ3v) is 4.76. The van der Waals surface area contributed by atoms with Gasteiger partial charge in [-0.25, -0.2) is 0 Å². The number of rotatable bonds is 8. The summed E-state index contributed by atoms with van der Waals surface area (Å²) in [5.74, 6) is 1.65. The quantitative estimate of drug-likeness (QED) is 0.461. The highest BCUT2D eigenvalue weighted by atomic mass is 35.5. The molecular weight excluding hydrogens is 358 g/mol. The second-order valence-corrected chi connectivity index (χ2v) is 6.79. The van der Waals surface area contributed by atoms with Crippen LogP contribution in [0.3, 0.4) is 0 Å². The summed E-state index contributed by atoms with van der Waals surface area (Å²) in [6.45, 7) is 1.81. The van der Waals surface area contributed by atoms with E-state index in [0.29, 0.717) is 11.6 Å². The SMILES string of the molecule is OCC[NH2+]CCSc1nnc(-c2ccncc2)n1-c1ccc(Cl)cc1. The molecular formula is C17H19ClN5OS+. The summed E-state index contributed by atoms with van der Waals surface area (Å²) in [7, 11) is 0. The largest absolute Gasteiger partial charge is 0.391 e. The summed E-state index contributed by atoms with van der Waals surface area (Å²) in [5.41, 5.74) is 1.92. The van der Waals surface area contributed by atoms with Crippen molar-refractivity contribution in [1.82, 2.24) is 19.7 Å². The van der Waals surface area contributed by atoms with Crippen LogP contribution in [0.4, 0.5) is 0 Å². The first-order valence-corrected chi connectivity index (χ1v) is 9.33. The molecule has 0 unspecified atom stereocenters. The molecule has 2 aromatic heterocycles. The molecule has 3 aromatic rings. The molecule has 1 aromatic carbocycles. The maximum absolute atomic E-state index is 8.85. The van der Waals surface area contributed by atoms with Crippen molar-refractivity contribution in [3.63, 3.8) is 0 Å². The maximum Gasteiger partial charge on any atom is 0.196 e. The number of hydrogen-bond acceptors (Lipinski definition) is 5. The van der Waals surface area contributed by atoms with E-state index in [2.05, 4.69) is 20.5 Å². The molecule has 0 saturated heterocycles. The van der Waals surface area contributed by atoms with E-state index in [1.807, 2.05) is 41.0 Å². The molecule has 8 heteroatoms. The van der Waals surface area contributed by atoms with Crippen molar-refractivity contribution in [3.05, 3.63) is 53.8 Å². The second-order valence-electron chi connectivity index (χ2n) is 5.29. The Morgan fingerprint density at radius 3 is 2.52 bits per heavy atom. The van der Waals surface area contributed by atoms with Crippen LogP contribution in [0.2, 0.25) is 5.02 Å². The van der Waals surface area contributed by atoms with Gasteiger partial charge in [-0.05, 0) is 36.4 Å². The average molecular weight is 377 g/mol. The number of nitrogens with zero attached hydrogens (tertiary/aromatic N) is 4. The first-order valence-electron chi connectivity index (χ1n) is 7.96. The lowest BCUT2D eigenvalue weighted by Gasteiger charge is -2.10. The Bertz CT molecular complexity index is 795. The summed E-state index contributed by atoms with van der Waals surface area (Å²) >= 11 is 7.66. The van der Waals surface area contributed by atoms with E-state index < -0.39 is 0 Å². The van der Waals surface area contributed by atoms with Crippen molar-refractivity contribution in [2.24, 2.45) is 0 Å². The van der Waals surface area contributed by atoms with Crippen molar-refractivity contribution in [2.45, 2.75) is 5.16 Å². The highest BCUT2D eigenvalue weighted by molar-refractivity contribution is 7.99. The fourth-order valence-electron chi connectivity index (χ4n) is 2.34. The van der Waals surface area contributed by atoms with Crippen LogP contribution in [0.25, 0.3) is 17.1 Å². The zero-order valence-electron chi connectivity index (χ0n) is 13.5. The lowest BCUT2D eigenvalue weighted by Crippen LogP contribution is -2.85. The first-order chi connectivity index (χ1) is 12.3. The Labute approximate surface area is 155 Å². The Morgan fingerprint density at radius 2 is 1.80 bits per heavy atom. The number of aliphatic hydroxyl groups is 1. The lowest BCUT2D eigenvalue weighted by atomic mass is 10.2. The van der Waals surface area contributed by atoms with E-state index in [-0.39, 0.29) is 6.61 Å². The minimum absolute atomic E-state index is 0.192. The minimum atomic E-state index is 0.192. The molecule has 0 atom stereocenters. The Kier molecular flexibility index (Phi) is 6.41. The lowest BCUT2D eigenvalue weighted by molar-refractivity contribution is -0.651. The molecule has 0 amide bonds. The Balaban J connectivity index is 1.90. The summed E-state index contributed by atoms with van der Waals surface area (Å²) in [6.07, 6.45) is 3.49. The molecule has 0 aliphatic carbocycles. The first kappa shape index (κ1) is 17.9. The number of thioether (sulfide) groups is 1. The van der Waals surface area contributed by atoms with Crippen LogP contribution in [0.15, 0.2) is 53.9 Å². The third-order valence-electron chi connectivity index (χ3n) is 3.54. The van der Waals surface area contributed by atoms with Crippen LogP contribution in [-0.2, 0) is 0 Å². The van der Waals surface area contributed by atoms with Crippen LogP contribution in [0.5, 0.6) is 0 Å². The van der Waals surface area contributed by atoms with E-state index in [1.54, 1.807) is 24.2 Å². The van der Waals surface area contributed by atoms with E-state index in [0.717, 1.165) is 34.5 Å². The van der Waals surface area contributed by atoms with Crippen molar-refractivity contribution < 1.29 is 10.4 Å². The van der Waals surface area contributed by atoms with E-state index in [1.165, 1.54) is 0 Å². The van der Waals surface area contributed by atoms with Gasteiger partial charge in [0.25, 0.3) is 0 Å². The third kappa shape index (κ3) is 4.58. The fraction of sp³-hybridized carbons (Fsp3) is 0.235. The van der Waals surface area contributed by atoms with Crippen molar-refractivity contribution in [1.29, 1.82) is 0 Å². The highest BCUT2D eigenvalue weighted by Gasteiger charge is 2.16. The Hall–Kier alpha value is -1.93. The zero-order chi connectivity index (χ0) is 17.5. The van der Waals surface area contributed by atoms with Gasteiger partial charge in [0, 0.05) is 28.7 Å². The van der Waals surface area contributed by atoms with Gasteiger partial charge in [0.05, 0.1) is 25.4 Å². The van der Waals surface area contributed by atoms with Crippen LogP contribution in [-0.4, -0.2) is 50.3 Å². The number of quaternary nitrogens is 1. The van der Waals surface area contributed by atoms with Gasteiger partial charge in [0.15, 0.2) is 11.0 Å². The number of aliphatic hydroxyl groups excluding tert-OH is 1. The minimum Gasteiger partial charge on any atom is -0.391 e. The molecule has 0 fully saturated rings. The number of benzene rings is 1. The van der Waals surface area contributed by atoms with Gasteiger partial charge < -0.3 is 10.4 Å². The van der Waals surface area contributed by atoms with E-state index >= 15 is 0 Å². The number of halogens is 1. The van der Waals surface area contributed by atoms with E-state index in [4.69, 9.17) is 16.7 Å². The molecule has 130 valence electrons. The molecule has 3 rings (SSSR count). The van der Waals surface area contributed by atoms with Crippen molar-refractivity contribution >= 4 is 23.4 Å². The van der Waals surface area contributed by atoms with Crippen LogP contribution < -0.4 is 5.32 Å². The van der Waals surface area contributed by atoms with Gasteiger partial charge >= 0.3 is 0 Å². The Morgan fingerprint density at radius 1 is 1.04 bits per heavy atom. The summed E-state index contributed by atoms with van der Waals surface area (Å²) in [6, 6.07) is 11.5. The number of hydrogen-bond donors (Lipinski definition) is 2. The second kappa shape index (κ2) is 8.96. The molecule has 3 N–H and O–H groups in total. The highest BCUT2D eigenvalue weighted by Crippen LogP contribution is 2.28. The average Bonchev–Trinajstić information content (AvgIpc) is 3.07. The molecule has 0 aliphatic heterocycles. The van der Waals surface area contributed by atoms with Crippen LogP contribution in [0.1, 0.15) is 0 Å². The topological polar surface area (TPSA) is 80.4 Å². The molecule has 0 bridgehead atoms. The maximum atomic E-state index is 8.85. The molecule has 0 radical (unpaired) electrons. The van der Waals surface area contributed by atoms with Gasteiger partial charge in [-0.3, -0.25) is 9.55 Å². The predicted molar refractivity (Wildman–Crippen MR) is 99.1 cm³/mol.